The van der Waals surface area contributed by atoms with Crippen LogP contribution in [0.5, 0.6) is 5.75 Å². The first kappa shape index (κ1) is 18.7. The number of esters is 1. The van der Waals surface area contributed by atoms with Crippen molar-refractivity contribution >= 4 is 23.3 Å². The molecule has 142 valence electrons. The van der Waals surface area contributed by atoms with E-state index < -0.39 is 5.97 Å². The highest BCUT2D eigenvalue weighted by Crippen LogP contribution is 2.18. The van der Waals surface area contributed by atoms with Crippen molar-refractivity contribution in [2.24, 2.45) is 0 Å². The van der Waals surface area contributed by atoms with E-state index in [-0.39, 0.29) is 11.7 Å². The average Bonchev–Trinajstić information content (AvgIpc) is 2.69. The fraction of sp³-hybridized carbons (Fsp3) is 0.300. The number of hydrogen-bond acceptors (Lipinski definition) is 5. The van der Waals surface area contributed by atoms with E-state index in [0.29, 0.717) is 17.8 Å². The minimum atomic E-state index is -0.472. The zero-order valence-corrected chi connectivity index (χ0v) is 15.3. The Bertz CT molecular complexity index is 799. The number of phenolic OH excluding ortho intramolecular Hbond substituents is 1. The normalized spacial score (nSPS) is 14.6. The van der Waals surface area contributed by atoms with Crippen LogP contribution in [0.3, 0.4) is 0 Å². The quantitative estimate of drug-likeness (QED) is 0.669. The Morgan fingerprint density at radius 3 is 2.44 bits per heavy atom. The molecule has 0 unspecified atom stereocenters. The van der Waals surface area contributed by atoms with E-state index in [1.165, 1.54) is 12.0 Å². The largest absolute Gasteiger partial charge is 0.508 e. The number of amides is 1. The van der Waals surface area contributed by atoms with E-state index in [4.69, 9.17) is 4.74 Å². The fourth-order valence-corrected chi connectivity index (χ4v) is 3.22. The Morgan fingerprint density at radius 2 is 1.78 bits per heavy atom. The maximum Gasteiger partial charge on any atom is 0.339 e. The van der Waals surface area contributed by atoms with Gasteiger partial charge in [0.2, 0.25) is 0 Å². The van der Waals surface area contributed by atoms with Crippen LogP contribution < -0.4 is 15.1 Å². The molecule has 7 heteroatoms. The number of hydrogen-bond donors (Lipinski definition) is 3. The molecule has 0 saturated carbocycles. The van der Waals surface area contributed by atoms with Gasteiger partial charge in [-0.05, 0) is 36.4 Å². The summed E-state index contributed by atoms with van der Waals surface area (Å²) in [5.41, 5.74) is 1.89. The molecule has 1 saturated heterocycles. The Morgan fingerprint density at radius 1 is 1.11 bits per heavy atom. The smallest absolute Gasteiger partial charge is 0.339 e. The third-order valence-electron chi connectivity index (χ3n) is 4.70. The van der Waals surface area contributed by atoms with Gasteiger partial charge >= 0.3 is 5.97 Å². The first-order chi connectivity index (χ1) is 13.1. The van der Waals surface area contributed by atoms with Gasteiger partial charge in [0.05, 0.1) is 44.5 Å². The summed E-state index contributed by atoms with van der Waals surface area (Å²) in [7, 11) is 1.32. The summed E-state index contributed by atoms with van der Waals surface area (Å²) in [5, 5.41) is 12.2. The number of piperazine rings is 1. The predicted molar refractivity (Wildman–Crippen MR) is 102 cm³/mol. The van der Waals surface area contributed by atoms with Crippen LogP contribution in [-0.2, 0) is 9.53 Å². The lowest BCUT2D eigenvalue weighted by atomic mass is 10.2. The van der Waals surface area contributed by atoms with E-state index >= 15 is 0 Å². The van der Waals surface area contributed by atoms with Gasteiger partial charge in [-0.15, -0.1) is 0 Å². The van der Waals surface area contributed by atoms with Crippen LogP contribution in [0.25, 0.3) is 0 Å². The number of nitrogens with zero attached hydrogens (tertiary/aromatic N) is 1. The molecule has 1 aliphatic heterocycles. The molecule has 1 fully saturated rings. The van der Waals surface area contributed by atoms with Crippen molar-refractivity contribution in [3.05, 3.63) is 54.1 Å². The fourth-order valence-electron chi connectivity index (χ4n) is 3.22. The van der Waals surface area contributed by atoms with Gasteiger partial charge in [0.25, 0.3) is 5.91 Å². The van der Waals surface area contributed by atoms with Crippen LogP contribution in [0.2, 0.25) is 0 Å². The zero-order chi connectivity index (χ0) is 19.2. The van der Waals surface area contributed by atoms with Crippen molar-refractivity contribution in [2.45, 2.75) is 0 Å². The Kier molecular flexibility index (Phi) is 5.93. The lowest BCUT2D eigenvalue weighted by Gasteiger charge is -2.33. The van der Waals surface area contributed by atoms with Crippen LogP contribution in [-0.4, -0.2) is 56.8 Å². The van der Waals surface area contributed by atoms with Gasteiger partial charge in [-0.3, -0.25) is 4.79 Å². The van der Waals surface area contributed by atoms with Gasteiger partial charge in [-0.1, -0.05) is 12.1 Å². The standard InChI is InChI=1S/C20H23N3O4/c1-27-20(26)17-4-2-3-5-18(17)21-19(25)14-22-10-12-23(13-11-22)15-6-8-16(24)9-7-15/h2-9,24H,10-14H2,1H3,(H,21,25)/p+1. The van der Waals surface area contributed by atoms with Crippen LogP contribution >= 0.6 is 0 Å². The van der Waals surface area contributed by atoms with Crippen molar-refractivity contribution in [1.29, 1.82) is 0 Å². The first-order valence-corrected chi connectivity index (χ1v) is 8.91. The van der Waals surface area contributed by atoms with E-state index in [2.05, 4.69) is 10.2 Å². The Hall–Kier alpha value is -3.06. The molecule has 1 heterocycles. The minimum Gasteiger partial charge on any atom is -0.508 e. The van der Waals surface area contributed by atoms with Gasteiger partial charge in [0, 0.05) is 5.69 Å². The molecule has 1 amide bonds. The van der Waals surface area contributed by atoms with Crippen LogP contribution in [0.15, 0.2) is 48.5 Å². The van der Waals surface area contributed by atoms with Gasteiger partial charge < -0.3 is 25.0 Å². The Labute approximate surface area is 158 Å². The second-order valence-electron chi connectivity index (χ2n) is 6.52. The van der Waals surface area contributed by atoms with E-state index in [1.54, 1.807) is 36.4 Å². The second kappa shape index (κ2) is 8.55. The van der Waals surface area contributed by atoms with Crippen LogP contribution in [0, 0.1) is 0 Å². The lowest BCUT2D eigenvalue weighted by Crippen LogP contribution is -3.15. The molecule has 3 N–H and O–H groups in total. The highest BCUT2D eigenvalue weighted by Gasteiger charge is 2.23. The second-order valence-corrected chi connectivity index (χ2v) is 6.52. The first-order valence-electron chi connectivity index (χ1n) is 8.91. The molecule has 0 bridgehead atoms. The molecule has 7 nitrogen and oxygen atoms in total. The summed E-state index contributed by atoms with van der Waals surface area (Å²) in [6.07, 6.45) is 0. The molecule has 0 atom stereocenters. The molecule has 1 aliphatic rings. The van der Waals surface area contributed by atoms with E-state index in [0.717, 1.165) is 31.9 Å². The zero-order valence-electron chi connectivity index (χ0n) is 15.3. The minimum absolute atomic E-state index is 0.126. The topological polar surface area (TPSA) is 83.3 Å². The molecule has 0 radical (unpaired) electrons. The summed E-state index contributed by atoms with van der Waals surface area (Å²) in [5.74, 6) is -0.341. The summed E-state index contributed by atoms with van der Waals surface area (Å²) in [6.45, 7) is 3.71. The molecule has 0 spiro atoms. The van der Waals surface area contributed by atoms with Gasteiger partial charge in [-0.25, -0.2) is 4.79 Å². The number of aromatic hydroxyl groups is 1. The van der Waals surface area contributed by atoms with Crippen molar-refractivity contribution in [2.75, 3.05) is 50.1 Å². The average molecular weight is 370 g/mol. The molecule has 2 aromatic rings. The molecular weight excluding hydrogens is 346 g/mol. The van der Waals surface area contributed by atoms with E-state index in [9.17, 15) is 14.7 Å². The van der Waals surface area contributed by atoms with Gasteiger partial charge in [0.15, 0.2) is 6.54 Å². The SMILES string of the molecule is COC(=O)c1ccccc1NC(=O)C[NH+]1CCN(c2ccc(O)cc2)CC1. The molecule has 3 rings (SSSR count). The number of nitrogens with one attached hydrogen (secondary N) is 2. The maximum atomic E-state index is 12.4. The third kappa shape index (κ3) is 4.77. The lowest BCUT2D eigenvalue weighted by molar-refractivity contribution is -0.892. The summed E-state index contributed by atoms with van der Waals surface area (Å²) in [4.78, 5) is 27.6. The molecule has 2 aromatic carbocycles. The molecule has 27 heavy (non-hydrogen) atoms. The molecular formula is C20H24N3O4+. The number of ether oxygens (including phenoxy) is 1. The maximum absolute atomic E-state index is 12.4. The predicted octanol–water partition coefficient (Wildman–Crippen LogP) is 0.522. The highest BCUT2D eigenvalue weighted by molar-refractivity contribution is 6.01. The van der Waals surface area contributed by atoms with Crippen molar-refractivity contribution < 1.29 is 24.3 Å². The number of methoxy groups -OCH3 is 1. The molecule has 0 aromatic heterocycles. The van der Waals surface area contributed by atoms with Crippen molar-refractivity contribution in [1.82, 2.24) is 0 Å². The number of anilines is 2. The number of carbonyl (C=O) groups excluding carboxylic acids is 2. The van der Waals surface area contributed by atoms with Gasteiger partial charge in [-0.2, -0.15) is 0 Å². The summed E-state index contributed by atoms with van der Waals surface area (Å²) < 4.78 is 4.75. The number of para-hydroxylation sites is 1. The monoisotopic (exact) mass is 370 g/mol. The number of rotatable bonds is 5. The summed E-state index contributed by atoms with van der Waals surface area (Å²) in [6, 6.07) is 14.0. The Balaban J connectivity index is 1.53. The molecule has 0 aliphatic carbocycles. The van der Waals surface area contributed by atoms with Crippen LogP contribution in [0.1, 0.15) is 10.4 Å². The highest BCUT2D eigenvalue weighted by atomic mass is 16.5. The number of quaternary nitrogens is 1. The van der Waals surface area contributed by atoms with Crippen LogP contribution in [0.4, 0.5) is 11.4 Å². The number of phenols is 1. The third-order valence-corrected chi connectivity index (χ3v) is 4.70. The number of benzene rings is 2. The number of carbonyl (C=O) groups is 2. The summed E-state index contributed by atoms with van der Waals surface area (Å²) >= 11 is 0. The van der Waals surface area contributed by atoms with E-state index in [1.807, 2.05) is 12.1 Å². The van der Waals surface area contributed by atoms with Gasteiger partial charge in [0.1, 0.15) is 5.75 Å². The van der Waals surface area contributed by atoms with Crippen molar-refractivity contribution in [3.63, 3.8) is 0 Å². The van der Waals surface area contributed by atoms with Crippen molar-refractivity contribution in [3.8, 4) is 5.75 Å².